The van der Waals surface area contributed by atoms with Crippen LogP contribution < -0.4 is 0 Å². The van der Waals surface area contributed by atoms with Crippen molar-refractivity contribution < 1.29 is 14.3 Å². The molecular formula is C18H26N2O3Si. The number of imidazole rings is 1. The number of aromatic nitrogens is 2. The molecule has 0 N–H and O–H groups in total. The Hall–Kier alpha value is -1.92. The zero-order valence-corrected chi connectivity index (χ0v) is 15.9. The quantitative estimate of drug-likeness (QED) is 0.411. The van der Waals surface area contributed by atoms with Gasteiger partial charge in [-0.25, -0.2) is 9.78 Å². The van der Waals surface area contributed by atoms with Crippen molar-refractivity contribution in [2.75, 3.05) is 13.2 Å². The average molecular weight is 347 g/mol. The lowest BCUT2D eigenvalue weighted by molar-refractivity contribution is 0.0474. The predicted molar refractivity (Wildman–Crippen MR) is 97.7 cm³/mol. The first kappa shape index (κ1) is 18.4. The first-order valence-electron chi connectivity index (χ1n) is 8.28. The molecule has 2 rings (SSSR count). The molecule has 0 amide bonds. The van der Waals surface area contributed by atoms with Crippen molar-refractivity contribution in [3.05, 3.63) is 42.4 Å². The van der Waals surface area contributed by atoms with Crippen LogP contribution in [0.2, 0.25) is 25.7 Å². The molecule has 1 heterocycles. The van der Waals surface area contributed by atoms with Gasteiger partial charge >= 0.3 is 5.97 Å². The molecule has 0 saturated carbocycles. The van der Waals surface area contributed by atoms with Crippen LogP contribution in [-0.2, 0) is 16.2 Å². The normalized spacial score (nSPS) is 11.5. The van der Waals surface area contributed by atoms with Crippen molar-refractivity contribution in [1.82, 2.24) is 9.55 Å². The van der Waals surface area contributed by atoms with Crippen LogP contribution in [0, 0.1) is 0 Å². The second kappa shape index (κ2) is 8.26. The molecule has 0 bridgehead atoms. The van der Waals surface area contributed by atoms with Crippen LogP contribution in [0.5, 0.6) is 0 Å². The second-order valence-electron chi connectivity index (χ2n) is 6.85. The monoisotopic (exact) mass is 346 g/mol. The van der Waals surface area contributed by atoms with Crippen LogP contribution in [-0.4, -0.2) is 36.8 Å². The average Bonchev–Trinajstić information content (AvgIpc) is 2.96. The Morgan fingerprint density at radius 2 is 1.92 bits per heavy atom. The van der Waals surface area contributed by atoms with Crippen molar-refractivity contribution in [3.8, 4) is 11.3 Å². The molecule has 5 nitrogen and oxygen atoms in total. The summed E-state index contributed by atoms with van der Waals surface area (Å²) in [6.07, 6.45) is 1.64. The number of nitrogens with zero attached hydrogens (tertiary/aromatic N) is 2. The van der Waals surface area contributed by atoms with Gasteiger partial charge in [-0.05, 0) is 13.0 Å². The minimum Gasteiger partial charge on any atom is -0.461 e. The molecule has 0 aliphatic heterocycles. The minimum absolute atomic E-state index is 0.304. The zero-order chi connectivity index (χ0) is 17.6. The maximum atomic E-state index is 12.4. The fourth-order valence-corrected chi connectivity index (χ4v) is 3.00. The van der Waals surface area contributed by atoms with E-state index in [0.717, 1.165) is 11.6 Å². The molecule has 0 fully saturated rings. The molecule has 130 valence electrons. The van der Waals surface area contributed by atoms with Gasteiger partial charge < -0.3 is 14.0 Å². The van der Waals surface area contributed by atoms with Gasteiger partial charge in [-0.2, -0.15) is 0 Å². The highest BCUT2D eigenvalue weighted by Crippen LogP contribution is 2.23. The van der Waals surface area contributed by atoms with Crippen LogP contribution in [0.15, 0.2) is 36.7 Å². The highest BCUT2D eigenvalue weighted by molar-refractivity contribution is 6.76. The van der Waals surface area contributed by atoms with Gasteiger partial charge in [0.05, 0.1) is 12.9 Å². The lowest BCUT2D eigenvalue weighted by Gasteiger charge is -2.16. The maximum absolute atomic E-state index is 12.4. The topological polar surface area (TPSA) is 53.3 Å². The van der Waals surface area contributed by atoms with E-state index < -0.39 is 8.07 Å². The van der Waals surface area contributed by atoms with E-state index in [0.29, 0.717) is 31.3 Å². The zero-order valence-electron chi connectivity index (χ0n) is 14.9. The molecule has 1 aromatic heterocycles. The standard InChI is InChI=1S/C18H26N2O3Si/c1-5-23-18(21)17-16(15-9-7-6-8-10-15)19-13-20(17)14-22-11-12-24(2,3)4/h6-10,13H,5,11-12,14H2,1-4H3. The summed E-state index contributed by atoms with van der Waals surface area (Å²) in [5, 5.41) is 0. The van der Waals surface area contributed by atoms with Gasteiger partial charge in [-0.15, -0.1) is 0 Å². The molecule has 0 atom stereocenters. The molecular weight excluding hydrogens is 320 g/mol. The molecule has 2 aromatic rings. The van der Waals surface area contributed by atoms with E-state index in [2.05, 4.69) is 24.6 Å². The Labute approximate surface area is 144 Å². The summed E-state index contributed by atoms with van der Waals surface area (Å²) in [5.74, 6) is -0.373. The first-order chi connectivity index (χ1) is 11.4. The summed E-state index contributed by atoms with van der Waals surface area (Å²) >= 11 is 0. The Balaban J connectivity index is 2.19. The Morgan fingerprint density at radius 1 is 1.21 bits per heavy atom. The number of ether oxygens (including phenoxy) is 2. The molecule has 1 aromatic carbocycles. The van der Waals surface area contributed by atoms with Crippen LogP contribution in [0.1, 0.15) is 17.4 Å². The third kappa shape index (κ3) is 5.04. The summed E-state index contributed by atoms with van der Waals surface area (Å²) in [6.45, 7) is 10.1. The molecule has 0 saturated heterocycles. The SMILES string of the molecule is CCOC(=O)c1c(-c2ccccc2)ncn1COCC[Si](C)(C)C. The molecule has 0 spiro atoms. The van der Waals surface area contributed by atoms with Crippen LogP contribution in [0.25, 0.3) is 11.3 Å². The van der Waals surface area contributed by atoms with E-state index in [1.54, 1.807) is 17.8 Å². The molecule has 24 heavy (non-hydrogen) atoms. The summed E-state index contributed by atoms with van der Waals surface area (Å²) < 4.78 is 12.7. The third-order valence-electron chi connectivity index (χ3n) is 3.58. The smallest absolute Gasteiger partial charge is 0.357 e. The van der Waals surface area contributed by atoms with Crippen molar-refractivity contribution in [1.29, 1.82) is 0 Å². The Morgan fingerprint density at radius 3 is 2.54 bits per heavy atom. The fourth-order valence-electron chi connectivity index (χ4n) is 2.24. The number of hydrogen-bond acceptors (Lipinski definition) is 4. The van der Waals surface area contributed by atoms with Gasteiger partial charge in [0.25, 0.3) is 0 Å². The number of rotatable bonds is 8. The van der Waals surface area contributed by atoms with Crippen molar-refractivity contribution >= 4 is 14.0 Å². The molecule has 0 aliphatic rings. The number of carbonyl (C=O) groups is 1. The highest BCUT2D eigenvalue weighted by atomic mass is 28.3. The van der Waals surface area contributed by atoms with Crippen LogP contribution >= 0.6 is 0 Å². The van der Waals surface area contributed by atoms with Crippen molar-refractivity contribution in [2.24, 2.45) is 0 Å². The molecule has 0 radical (unpaired) electrons. The maximum Gasteiger partial charge on any atom is 0.357 e. The van der Waals surface area contributed by atoms with Gasteiger partial charge in [0, 0.05) is 20.2 Å². The summed E-state index contributed by atoms with van der Waals surface area (Å²) in [7, 11) is -1.13. The Bertz CT molecular complexity index is 663. The van der Waals surface area contributed by atoms with E-state index in [1.165, 1.54) is 0 Å². The fraction of sp³-hybridized carbons (Fsp3) is 0.444. The van der Waals surface area contributed by atoms with E-state index >= 15 is 0 Å². The summed E-state index contributed by atoms with van der Waals surface area (Å²) in [6, 6.07) is 10.7. The van der Waals surface area contributed by atoms with Gasteiger partial charge in [0.1, 0.15) is 12.4 Å². The van der Waals surface area contributed by atoms with E-state index in [1.807, 2.05) is 30.3 Å². The number of esters is 1. The second-order valence-corrected chi connectivity index (χ2v) is 12.5. The van der Waals surface area contributed by atoms with Gasteiger partial charge in [0.2, 0.25) is 0 Å². The van der Waals surface area contributed by atoms with Gasteiger partial charge in [-0.1, -0.05) is 50.0 Å². The van der Waals surface area contributed by atoms with Crippen LogP contribution in [0.3, 0.4) is 0 Å². The highest BCUT2D eigenvalue weighted by Gasteiger charge is 2.21. The molecule has 0 unspecified atom stereocenters. The van der Waals surface area contributed by atoms with Crippen molar-refractivity contribution in [2.45, 2.75) is 39.3 Å². The Kier molecular flexibility index (Phi) is 6.34. The van der Waals surface area contributed by atoms with E-state index in [-0.39, 0.29) is 5.97 Å². The lowest BCUT2D eigenvalue weighted by atomic mass is 10.1. The molecule has 6 heteroatoms. The first-order valence-corrected chi connectivity index (χ1v) is 12.0. The van der Waals surface area contributed by atoms with Gasteiger partial charge in [-0.3, -0.25) is 0 Å². The summed E-state index contributed by atoms with van der Waals surface area (Å²) in [5.41, 5.74) is 1.96. The number of benzene rings is 1. The van der Waals surface area contributed by atoms with Crippen molar-refractivity contribution in [3.63, 3.8) is 0 Å². The minimum atomic E-state index is -1.13. The number of carbonyl (C=O) groups excluding carboxylic acids is 1. The van der Waals surface area contributed by atoms with E-state index in [4.69, 9.17) is 9.47 Å². The summed E-state index contributed by atoms with van der Waals surface area (Å²) in [4.78, 5) is 16.8. The largest absolute Gasteiger partial charge is 0.461 e. The third-order valence-corrected chi connectivity index (χ3v) is 5.28. The lowest BCUT2D eigenvalue weighted by Crippen LogP contribution is -2.22. The van der Waals surface area contributed by atoms with Gasteiger partial charge in [0.15, 0.2) is 5.69 Å². The number of hydrogen-bond donors (Lipinski definition) is 0. The molecule has 0 aliphatic carbocycles. The predicted octanol–water partition coefficient (Wildman–Crippen LogP) is 4.04. The van der Waals surface area contributed by atoms with E-state index in [9.17, 15) is 4.79 Å². The van der Waals surface area contributed by atoms with Crippen LogP contribution in [0.4, 0.5) is 0 Å².